The first kappa shape index (κ1) is 12.5. The summed E-state index contributed by atoms with van der Waals surface area (Å²) in [5, 5.41) is 0. The zero-order valence-electron chi connectivity index (χ0n) is 10.7. The van der Waals surface area contributed by atoms with Crippen molar-refractivity contribution in [2.24, 2.45) is 0 Å². The van der Waals surface area contributed by atoms with E-state index in [2.05, 4.69) is 30.9 Å². The van der Waals surface area contributed by atoms with Crippen LogP contribution in [0.4, 0.5) is 5.69 Å². The summed E-state index contributed by atoms with van der Waals surface area (Å²) in [5.74, 6) is 1.17. The third-order valence-electron chi connectivity index (χ3n) is 3.17. The van der Waals surface area contributed by atoms with Gasteiger partial charge in [0.15, 0.2) is 0 Å². The van der Waals surface area contributed by atoms with Gasteiger partial charge in [0.1, 0.15) is 6.29 Å². The molecule has 0 saturated carbocycles. The summed E-state index contributed by atoms with van der Waals surface area (Å²) in [6.45, 7) is 8.73. The Kier molecular flexibility index (Phi) is 3.48. The number of aldehydes is 1. The number of nitrogens with zero attached hydrogens (tertiary/aromatic N) is 1. The van der Waals surface area contributed by atoms with Gasteiger partial charge in [-0.3, -0.25) is 4.79 Å². The van der Waals surface area contributed by atoms with Crippen molar-refractivity contribution in [2.45, 2.75) is 25.5 Å². The van der Waals surface area contributed by atoms with Gasteiger partial charge in [0.25, 0.3) is 0 Å². The molecule has 1 fully saturated rings. The van der Waals surface area contributed by atoms with Gasteiger partial charge < -0.3 is 4.90 Å². The molecule has 0 atom stereocenters. The molecule has 1 aliphatic heterocycles. The SMILES string of the molecule is Cc1cc(N2CCSC(C)(C)C2)ccc1C=O. The van der Waals surface area contributed by atoms with Gasteiger partial charge in [-0.1, -0.05) is 0 Å². The molecule has 0 spiro atoms. The van der Waals surface area contributed by atoms with Crippen molar-refractivity contribution < 1.29 is 4.79 Å². The van der Waals surface area contributed by atoms with Crippen LogP contribution in [-0.4, -0.2) is 29.9 Å². The van der Waals surface area contributed by atoms with Gasteiger partial charge in [-0.05, 0) is 44.5 Å². The van der Waals surface area contributed by atoms with Crippen molar-refractivity contribution >= 4 is 23.7 Å². The van der Waals surface area contributed by atoms with Crippen molar-refractivity contribution in [1.82, 2.24) is 0 Å². The van der Waals surface area contributed by atoms with Crippen LogP contribution in [0.5, 0.6) is 0 Å². The fraction of sp³-hybridized carbons (Fsp3) is 0.500. The lowest BCUT2D eigenvalue weighted by Crippen LogP contribution is -2.43. The van der Waals surface area contributed by atoms with E-state index in [9.17, 15) is 4.79 Å². The lowest BCUT2D eigenvalue weighted by molar-refractivity contribution is 0.112. The summed E-state index contributed by atoms with van der Waals surface area (Å²) >= 11 is 2.03. The highest BCUT2D eigenvalue weighted by atomic mass is 32.2. The van der Waals surface area contributed by atoms with Gasteiger partial charge in [-0.15, -0.1) is 0 Å². The monoisotopic (exact) mass is 249 g/mol. The third-order valence-corrected chi connectivity index (χ3v) is 4.47. The first-order valence-corrected chi connectivity index (χ1v) is 6.95. The van der Waals surface area contributed by atoms with Crippen LogP contribution in [0.3, 0.4) is 0 Å². The Labute approximate surface area is 107 Å². The predicted molar refractivity (Wildman–Crippen MR) is 75.3 cm³/mol. The summed E-state index contributed by atoms with van der Waals surface area (Å²) < 4.78 is 0.315. The quantitative estimate of drug-likeness (QED) is 0.751. The maximum absolute atomic E-state index is 10.8. The number of carbonyl (C=O) groups excluding carboxylic acids is 1. The van der Waals surface area contributed by atoms with Crippen molar-refractivity contribution in [3.05, 3.63) is 29.3 Å². The second kappa shape index (κ2) is 4.73. The number of benzene rings is 1. The van der Waals surface area contributed by atoms with E-state index in [-0.39, 0.29) is 0 Å². The standard InChI is InChI=1S/C14H19NOS/c1-11-8-13(5-4-12(11)9-16)15-6-7-17-14(2,3)10-15/h4-5,8-9H,6-7,10H2,1-3H3. The van der Waals surface area contributed by atoms with E-state index in [4.69, 9.17) is 0 Å². The lowest BCUT2D eigenvalue weighted by Gasteiger charge is -2.39. The van der Waals surface area contributed by atoms with E-state index < -0.39 is 0 Å². The molecule has 17 heavy (non-hydrogen) atoms. The molecule has 3 heteroatoms. The Bertz CT molecular complexity index is 428. The minimum absolute atomic E-state index is 0.315. The second-order valence-corrected chi connectivity index (χ2v) is 6.99. The molecule has 0 amide bonds. The number of carbonyl (C=O) groups is 1. The highest BCUT2D eigenvalue weighted by Crippen LogP contribution is 2.32. The zero-order valence-corrected chi connectivity index (χ0v) is 11.5. The molecule has 2 rings (SSSR count). The molecule has 1 heterocycles. The molecule has 1 aliphatic rings. The third kappa shape index (κ3) is 2.83. The molecule has 1 aromatic carbocycles. The lowest BCUT2D eigenvalue weighted by atomic mass is 10.1. The Morgan fingerprint density at radius 3 is 2.76 bits per heavy atom. The van der Waals surface area contributed by atoms with Gasteiger partial charge in [0.2, 0.25) is 0 Å². The van der Waals surface area contributed by atoms with Crippen LogP contribution in [0.2, 0.25) is 0 Å². The van der Waals surface area contributed by atoms with Crippen LogP contribution >= 0.6 is 11.8 Å². The molecule has 92 valence electrons. The normalized spacial score (nSPS) is 19.1. The molecule has 1 saturated heterocycles. The summed E-state index contributed by atoms with van der Waals surface area (Å²) in [6, 6.07) is 6.10. The van der Waals surface area contributed by atoms with Crippen LogP contribution in [0.25, 0.3) is 0 Å². The van der Waals surface area contributed by atoms with Crippen molar-refractivity contribution in [2.75, 3.05) is 23.7 Å². The molecular weight excluding hydrogens is 230 g/mol. The van der Waals surface area contributed by atoms with Crippen LogP contribution in [0.15, 0.2) is 18.2 Å². The molecule has 0 aliphatic carbocycles. The highest BCUT2D eigenvalue weighted by molar-refractivity contribution is 8.00. The number of anilines is 1. The zero-order chi connectivity index (χ0) is 12.5. The average Bonchev–Trinajstić information content (AvgIpc) is 2.27. The fourth-order valence-electron chi connectivity index (χ4n) is 2.23. The molecular formula is C14H19NOS. The summed E-state index contributed by atoms with van der Waals surface area (Å²) in [5.41, 5.74) is 3.09. The van der Waals surface area contributed by atoms with Crippen molar-refractivity contribution in [1.29, 1.82) is 0 Å². The summed E-state index contributed by atoms with van der Waals surface area (Å²) in [6.07, 6.45) is 0.926. The first-order chi connectivity index (χ1) is 8.02. The summed E-state index contributed by atoms with van der Waals surface area (Å²) in [7, 11) is 0. The largest absolute Gasteiger partial charge is 0.369 e. The number of thioether (sulfide) groups is 1. The van der Waals surface area contributed by atoms with Crippen molar-refractivity contribution in [3.63, 3.8) is 0 Å². The van der Waals surface area contributed by atoms with E-state index in [1.165, 1.54) is 11.4 Å². The smallest absolute Gasteiger partial charge is 0.150 e. The average molecular weight is 249 g/mol. The Hall–Kier alpha value is -0.960. The van der Waals surface area contributed by atoms with Gasteiger partial charge in [0.05, 0.1) is 0 Å². The van der Waals surface area contributed by atoms with Crippen LogP contribution in [0, 0.1) is 6.92 Å². The Morgan fingerprint density at radius 1 is 1.41 bits per heavy atom. The molecule has 0 unspecified atom stereocenters. The predicted octanol–water partition coefficient (Wildman–Crippen LogP) is 3.14. The van der Waals surface area contributed by atoms with Crippen LogP contribution in [0.1, 0.15) is 29.8 Å². The van der Waals surface area contributed by atoms with E-state index in [0.717, 1.165) is 30.5 Å². The second-order valence-electron chi connectivity index (χ2n) is 5.19. The minimum Gasteiger partial charge on any atom is -0.369 e. The van der Waals surface area contributed by atoms with Crippen LogP contribution in [-0.2, 0) is 0 Å². The highest BCUT2D eigenvalue weighted by Gasteiger charge is 2.27. The summed E-state index contributed by atoms with van der Waals surface area (Å²) in [4.78, 5) is 13.2. The van der Waals surface area contributed by atoms with E-state index >= 15 is 0 Å². The number of hydrogen-bond acceptors (Lipinski definition) is 3. The number of aryl methyl sites for hydroxylation is 1. The van der Waals surface area contributed by atoms with Gasteiger partial charge in [0, 0.05) is 34.8 Å². The Balaban J connectivity index is 2.22. The van der Waals surface area contributed by atoms with E-state index in [1.807, 2.05) is 24.8 Å². The van der Waals surface area contributed by atoms with E-state index in [0.29, 0.717) is 4.75 Å². The molecule has 0 radical (unpaired) electrons. The Morgan fingerprint density at radius 2 is 2.18 bits per heavy atom. The molecule has 0 aromatic heterocycles. The van der Waals surface area contributed by atoms with Gasteiger partial charge in [-0.2, -0.15) is 11.8 Å². The fourth-order valence-corrected chi connectivity index (χ4v) is 3.34. The number of rotatable bonds is 2. The topological polar surface area (TPSA) is 20.3 Å². The molecule has 0 N–H and O–H groups in total. The van der Waals surface area contributed by atoms with Crippen molar-refractivity contribution in [3.8, 4) is 0 Å². The molecule has 1 aromatic rings. The molecule has 0 bridgehead atoms. The van der Waals surface area contributed by atoms with Gasteiger partial charge in [-0.25, -0.2) is 0 Å². The molecule has 2 nitrogen and oxygen atoms in total. The minimum atomic E-state index is 0.315. The maximum Gasteiger partial charge on any atom is 0.150 e. The van der Waals surface area contributed by atoms with Gasteiger partial charge >= 0.3 is 0 Å². The maximum atomic E-state index is 10.8. The van der Waals surface area contributed by atoms with Crippen LogP contribution < -0.4 is 4.90 Å². The van der Waals surface area contributed by atoms with E-state index in [1.54, 1.807) is 0 Å². The first-order valence-electron chi connectivity index (χ1n) is 5.96. The number of hydrogen-bond donors (Lipinski definition) is 0.